The lowest BCUT2D eigenvalue weighted by atomic mass is 9.93. The van der Waals surface area contributed by atoms with Gasteiger partial charge in [-0.3, -0.25) is 0 Å². The number of rotatable bonds is 7. The van der Waals surface area contributed by atoms with Gasteiger partial charge in [0.2, 0.25) is 10.0 Å². The molecule has 0 saturated carbocycles. The highest BCUT2D eigenvalue weighted by molar-refractivity contribution is 7.89. The molecular weight excluding hydrogens is 278 g/mol. The van der Waals surface area contributed by atoms with E-state index in [4.69, 9.17) is 9.84 Å². The van der Waals surface area contributed by atoms with Crippen LogP contribution in [0.1, 0.15) is 27.2 Å². The van der Waals surface area contributed by atoms with Gasteiger partial charge in [-0.1, -0.05) is 20.8 Å². The summed E-state index contributed by atoms with van der Waals surface area (Å²) in [7, 11) is -3.47. The summed E-state index contributed by atoms with van der Waals surface area (Å²) in [4.78, 5) is 0.211. The van der Waals surface area contributed by atoms with Crippen molar-refractivity contribution in [1.29, 1.82) is 0 Å². The van der Waals surface area contributed by atoms with E-state index in [1.165, 1.54) is 12.1 Å². The Morgan fingerprint density at radius 2 is 1.80 bits per heavy atom. The van der Waals surface area contributed by atoms with Crippen molar-refractivity contribution in [3.8, 4) is 5.75 Å². The number of aliphatic hydroxyl groups is 1. The Hall–Kier alpha value is -1.11. The fourth-order valence-electron chi connectivity index (χ4n) is 1.52. The maximum Gasteiger partial charge on any atom is 0.240 e. The molecule has 20 heavy (non-hydrogen) atoms. The Morgan fingerprint density at radius 3 is 2.30 bits per heavy atom. The zero-order valence-corrected chi connectivity index (χ0v) is 13.0. The zero-order valence-electron chi connectivity index (χ0n) is 12.2. The number of sulfonamides is 1. The van der Waals surface area contributed by atoms with Crippen molar-refractivity contribution in [1.82, 2.24) is 4.72 Å². The molecule has 0 unspecified atom stereocenters. The molecule has 0 heterocycles. The van der Waals surface area contributed by atoms with Gasteiger partial charge in [-0.05, 0) is 36.1 Å². The van der Waals surface area contributed by atoms with Gasteiger partial charge in [-0.25, -0.2) is 13.1 Å². The highest BCUT2D eigenvalue weighted by Crippen LogP contribution is 2.19. The number of nitrogens with one attached hydrogen (secondary N) is 1. The summed E-state index contributed by atoms with van der Waals surface area (Å²) < 4.78 is 31.9. The number of hydrogen-bond acceptors (Lipinski definition) is 4. The second-order valence-electron chi connectivity index (χ2n) is 5.75. The van der Waals surface area contributed by atoms with Gasteiger partial charge in [0.25, 0.3) is 0 Å². The third-order valence-electron chi connectivity index (χ3n) is 2.66. The number of benzene rings is 1. The Labute approximate surface area is 121 Å². The molecule has 5 nitrogen and oxygen atoms in total. The van der Waals surface area contributed by atoms with Crippen molar-refractivity contribution < 1.29 is 18.3 Å². The van der Waals surface area contributed by atoms with E-state index >= 15 is 0 Å². The molecular formula is C14H23NO4S. The van der Waals surface area contributed by atoms with Crippen molar-refractivity contribution in [3.05, 3.63) is 24.3 Å². The molecule has 0 aliphatic rings. The van der Waals surface area contributed by atoms with Crippen LogP contribution in [0, 0.1) is 5.41 Å². The maximum atomic E-state index is 12.1. The van der Waals surface area contributed by atoms with Gasteiger partial charge in [0, 0.05) is 6.54 Å². The molecule has 1 rings (SSSR count). The Morgan fingerprint density at radius 1 is 1.20 bits per heavy atom. The van der Waals surface area contributed by atoms with Crippen molar-refractivity contribution in [2.75, 3.05) is 19.8 Å². The molecule has 0 fully saturated rings. The Balaban J connectivity index is 2.63. The topological polar surface area (TPSA) is 75.6 Å². The van der Waals surface area contributed by atoms with Gasteiger partial charge in [-0.2, -0.15) is 0 Å². The average molecular weight is 301 g/mol. The standard InChI is InChI=1S/C14H23NO4S/c1-14(2,3)8-9-15-20(17,18)13-6-4-12(5-7-13)19-11-10-16/h4-7,15-16H,8-11H2,1-3H3. The Bertz CT molecular complexity index is 503. The molecule has 114 valence electrons. The maximum absolute atomic E-state index is 12.1. The monoisotopic (exact) mass is 301 g/mol. The third-order valence-corrected chi connectivity index (χ3v) is 4.14. The molecule has 0 radical (unpaired) electrons. The van der Waals surface area contributed by atoms with Crippen LogP contribution in [0.4, 0.5) is 0 Å². The Kier molecular flexibility index (Phi) is 5.98. The van der Waals surface area contributed by atoms with Gasteiger partial charge in [0.15, 0.2) is 0 Å². The van der Waals surface area contributed by atoms with Gasteiger partial charge < -0.3 is 9.84 Å². The molecule has 1 aromatic rings. The van der Waals surface area contributed by atoms with Crippen LogP contribution in [-0.2, 0) is 10.0 Å². The van der Waals surface area contributed by atoms with E-state index in [2.05, 4.69) is 25.5 Å². The largest absolute Gasteiger partial charge is 0.491 e. The minimum absolute atomic E-state index is 0.0750. The summed E-state index contributed by atoms with van der Waals surface area (Å²) in [5, 5.41) is 8.64. The van der Waals surface area contributed by atoms with E-state index in [1.807, 2.05) is 0 Å². The molecule has 0 amide bonds. The van der Waals surface area contributed by atoms with Crippen molar-refractivity contribution in [3.63, 3.8) is 0 Å². The van der Waals surface area contributed by atoms with E-state index in [9.17, 15) is 8.42 Å². The molecule has 0 atom stereocenters. The first kappa shape index (κ1) is 16.9. The van der Waals surface area contributed by atoms with Crippen molar-refractivity contribution in [2.24, 2.45) is 5.41 Å². The van der Waals surface area contributed by atoms with Crippen LogP contribution in [0.25, 0.3) is 0 Å². The third kappa shape index (κ3) is 5.90. The summed E-state index contributed by atoms with van der Waals surface area (Å²) in [5.74, 6) is 0.535. The molecule has 1 aromatic carbocycles. The average Bonchev–Trinajstić information content (AvgIpc) is 2.35. The number of aliphatic hydroxyl groups excluding tert-OH is 1. The molecule has 0 aliphatic carbocycles. The van der Waals surface area contributed by atoms with Gasteiger partial charge in [0.1, 0.15) is 12.4 Å². The second-order valence-corrected chi connectivity index (χ2v) is 7.52. The molecule has 6 heteroatoms. The molecule has 0 aromatic heterocycles. The molecule has 2 N–H and O–H groups in total. The predicted octanol–water partition coefficient (Wildman–Crippen LogP) is 1.77. The fourth-order valence-corrected chi connectivity index (χ4v) is 2.55. The minimum Gasteiger partial charge on any atom is -0.491 e. The van der Waals surface area contributed by atoms with Gasteiger partial charge >= 0.3 is 0 Å². The molecule has 0 bridgehead atoms. The fraction of sp³-hybridized carbons (Fsp3) is 0.571. The SMILES string of the molecule is CC(C)(C)CCNS(=O)(=O)c1ccc(OCCO)cc1. The summed E-state index contributed by atoms with van der Waals surface area (Å²) in [6.07, 6.45) is 0.768. The summed E-state index contributed by atoms with van der Waals surface area (Å²) in [6.45, 7) is 6.72. The first-order valence-electron chi connectivity index (χ1n) is 6.58. The van der Waals surface area contributed by atoms with Gasteiger partial charge in [0.05, 0.1) is 11.5 Å². The summed E-state index contributed by atoms with van der Waals surface area (Å²) >= 11 is 0. The smallest absolute Gasteiger partial charge is 0.240 e. The highest BCUT2D eigenvalue weighted by Gasteiger charge is 2.16. The normalized spacial score (nSPS) is 12.4. The lowest BCUT2D eigenvalue weighted by Gasteiger charge is -2.18. The minimum atomic E-state index is -3.47. The zero-order chi connectivity index (χ0) is 15.2. The van der Waals surface area contributed by atoms with Crippen molar-refractivity contribution >= 4 is 10.0 Å². The van der Waals surface area contributed by atoms with Crippen LogP contribution in [0.5, 0.6) is 5.75 Å². The van der Waals surface area contributed by atoms with Gasteiger partial charge in [-0.15, -0.1) is 0 Å². The van der Waals surface area contributed by atoms with E-state index in [0.717, 1.165) is 6.42 Å². The molecule has 0 aliphatic heterocycles. The summed E-state index contributed by atoms with van der Waals surface area (Å²) in [5.41, 5.74) is 0.0878. The highest BCUT2D eigenvalue weighted by atomic mass is 32.2. The van der Waals surface area contributed by atoms with Crippen LogP contribution in [0.15, 0.2) is 29.2 Å². The number of ether oxygens (including phenoxy) is 1. The van der Waals surface area contributed by atoms with Crippen LogP contribution >= 0.6 is 0 Å². The van der Waals surface area contributed by atoms with E-state index in [0.29, 0.717) is 12.3 Å². The second kappa shape index (κ2) is 7.06. The van der Waals surface area contributed by atoms with E-state index in [1.54, 1.807) is 12.1 Å². The van der Waals surface area contributed by atoms with Crippen LogP contribution in [0.2, 0.25) is 0 Å². The first-order valence-corrected chi connectivity index (χ1v) is 8.06. The summed E-state index contributed by atoms with van der Waals surface area (Å²) in [6, 6.07) is 6.14. The predicted molar refractivity (Wildman–Crippen MR) is 78.3 cm³/mol. The van der Waals surface area contributed by atoms with Crippen LogP contribution < -0.4 is 9.46 Å². The van der Waals surface area contributed by atoms with E-state index in [-0.39, 0.29) is 23.5 Å². The number of hydrogen-bond donors (Lipinski definition) is 2. The van der Waals surface area contributed by atoms with Crippen molar-refractivity contribution in [2.45, 2.75) is 32.1 Å². The first-order chi connectivity index (χ1) is 9.24. The van der Waals surface area contributed by atoms with Crippen LogP contribution in [-0.4, -0.2) is 33.3 Å². The molecule has 0 saturated heterocycles. The van der Waals surface area contributed by atoms with E-state index < -0.39 is 10.0 Å². The lowest BCUT2D eigenvalue weighted by Crippen LogP contribution is -2.27. The molecule has 0 spiro atoms. The quantitative estimate of drug-likeness (QED) is 0.805. The lowest BCUT2D eigenvalue weighted by molar-refractivity contribution is 0.201. The van der Waals surface area contributed by atoms with Crippen LogP contribution in [0.3, 0.4) is 0 Å².